The second-order valence-corrected chi connectivity index (χ2v) is 29.9. The third-order valence-corrected chi connectivity index (χ3v) is 18.3. The van der Waals surface area contributed by atoms with Crippen molar-refractivity contribution in [2.45, 2.75) is 315 Å². The van der Waals surface area contributed by atoms with Gasteiger partial charge in [-0.15, -0.1) is 0 Å². The molecule has 0 spiro atoms. The van der Waals surface area contributed by atoms with Gasteiger partial charge in [0.2, 0.25) is 88.6 Å². The Bertz CT molecular complexity index is 3010. The molecule has 0 aromatic rings. The molecule has 0 heterocycles. The number of aliphatic carboxylic acids is 1. The van der Waals surface area contributed by atoms with Crippen LogP contribution in [0.2, 0.25) is 0 Å². The summed E-state index contributed by atoms with van der Waals surface area (Å²) in [4.78, 5) is 216. The summed E-state index contributed by atoms with van der Waals surface area (Å²) in [5.74, 6) is -13.3. The zero-order valence-electron chi connectivity index (χ0n) is 69.3. The number of amides is 15. The molecule has 0 aromatic heterocycles. The predicted molar refractivity (Wildman–Crippen MR) is 432 cm³/mol. The van der Waals surface area contributed by atoms with E-state index in [-0.39, 0.29) is 94.7 Å². The van der Waals surface area contributed by atoms with Gasteiger partial charge in [-0.3, -0.25) is 81.7 Å². The first kappa shape index (κ1) is 105. The van der Waals surface area contributed by atoms with Crippen molar-refractivity contribution in [1.29, 1.82) is 0 Å². The largest absolute Gasteiger partial charge is 0.480 e. The minimum atomic E-state index is -1.40. The highest BCUT2D eigenvalue weighted by atomic mass is 16.4. The zero-order chi connectivity index (χ0) is 86.1. The lowest BCUT2D eigenvalue weighted by molar-refractivity contribution is -0.141. The monoisotopic (exact) mass is 1620 g/mol. The van der Waals surface area contributed by atoms with Crippen LogP contribution in [0.5, 0.6) is 0 Å². The quantitative estimate of drug-likeness (QED) is 0.0185. The van der Waals surface area contributed by atoms with Crippen molar-refractivity contribution in [3.8, 4) is 0 Å². The van der Waals surface area contributed by atoms with Crippen LogP contribution in [0.25, 0.3) is 0 Å². The molecule has 0 aliphatic rings. The summed E-state index contributed by atoms with van der Waals surface area (Å²) in [7, 11) is 0. The fourth-order valence-corrected chi connectivity index (χ4v) is 11.6. The van der Waals surface area contributed by atoms with Crippen LogP contribution in [-0.2, 0) is 76.7 Å². The Hall–Kier alpha value is -9.33. The van der Waals surface area contributed by atoms with Gasteiger partial charge in [-0.05, 0) is 156 Å². The number of nitrogens with zero attached hydrogens (tertiary/aromatic N) is 1. The molecule has 0 radical (unpaired) electrons. The standard InChI is InChI=1S/C76H141N21O17/c1-11-12-13-14-15-16-17-18-19-20-21-22-23-24-36-60(98)87-50(7)66(104)89-52(9)68(106)90-51(8)67(105)88-49(6)65(103)85-44-62(100)83-43-61(99)84-45-63(101)93-59(42-48(4)5)74(112)96-57(35-31-40-82-76(80)81)72(110)94-55(33-26-29-38-78)71(109)95-56(34-27-30-39-79)73(111)97-58(41-47(2)3)69(107)86-46-64(102)92-54(32-25-28-37-77)70(108)91-53(10)75(113)114/h47-59H,11-46,77-79H2,1-10H3,(H,83,100)(H,84,99)(H,85,103)(H,86,107)(H,87,98)(H,88,105)(H,89,104)(H,90,106)(H,91,108)(H,92,102)(H,93,101)(H,94,110)(H,95,109)(H,96,112)(H,97,111)(H,113,114)(H4,80,81,82)/t49-,50-,51-,52-,53-,54-,55-,56-,57-,58-,59-/m0/s1. The molecule has 0 aliphatic carbocycles. The maximum absolute atomic E-state index is 14.5. The van der Waals surface area contributed by atoms with E-state index in [9.17, 15) is 81.8 Å². The van der Waals surface area contributed by atoms with Crippen molar-refractivity contribution >= 4 is 101 Å². The Morgan fingerprint density at radius 2 is 0.588 bits per heavy atom. The van der Waals surface area contributed by atoms with Gasteiger partial charge >= 0.3 is 5.97 Å². The first-order valence-corrected chi connectivity index (χ1v) is 40.8. The summed E-state index contributed by atoms with van der Waals surface area (Å²) < 4.78 is 0. The number of aliphatic imine (C=N–C) groups is 1. The Morgan fingerprint density at radius 3 is 0.982 bits per heavy atom. The van der Waals surface area contributed by atoms with Gasteiger partial charge in [-0.1, -0.05) is 118 Å². The van der Waals surface area contributed by atoms with Crippen molar-refractivity contribution in [1.82, 2.24) is 79.8 Å². The van der Waals surface area contributed by atoms with E-state index in [0.29, 0.717) is 51.5 Å². The molecular formula is C76H141N21O17. The normalized spacial score (nSPS) is 14.0. The number of guanidine groups is 1. The summed E-state index contributed by atoms with van der Waals surface area (Å²) in [5, 5.41) is 47.0. The van der Waals surface area contributed by atoms with E-state index < -0.39 is 181 Å². The lowest BCUT2D eigenvalue weighted by atomic mass is 10.0. The molecule has 114 heavy (non-hydrogen) atoms. The Balaban J connectivity index is 5.81. The number of nitrogens with two attached hydrogens (primary N) is 5. The minimum absolute atomic E-state index is 0.00536. The summed E-state index contributed by atoms with van der Waals surface area (Å²) in [6.45, 7) is 14.2. The molecule has 0 saturated heterocycles. The number of hydrogen-bond acceptors (Lipinski definition) is 20. The Kier molecular flexibility index (Phi) is 57.0. The van der Waals surface area contributed by atoms with E-state index in [1.54, 1.807) is 27.7 Å². The van der Waals surface area contributed by atoms with Crippen LogP contribution in [-0.4, -0.2) is 224 Å². The maximum Gasteiger partial charge on any atom is 0.325 e. The van der Waals surface area contributed by atoms with E-state index in [1.165, 1.54) is 98.8 Å². The minimum Gasteiger partial charge on any atom is -0.480 e. The molecule has 0 rings (SSSR count). The van der Waals surface area contributed by atoms with Crippen LogP contribution in [0.3, 0.4) is 0 Å². The summed E-state index contributed by atoms with van der Waals surface area (Å²) in [5.41, 5.74) is 28.4. The molecule has 11 atom stereocenters. The number of unbranched alkanes of at least 4 members (excludes halogenated alkanes) is 16. The SMILES string of the molecule is CCCCCCCCCCCCCCCCC(=O)N[C@@H](C)C(=O)N[C@@H](C)C(=O)N[C@@H](C)C(=O)N[C@@H](C)C(=O)NCC(=O)NCC(=O)NCC(=O)N[C@@H](CC(C)C)C(=O)N[C@@H](CCCN=C(N)N)C(=O)N[C@@H](CCCCN)C(=O)N[C@@H](CCCCN)C(=O)N[C@@H](CC(C)C)C(=O)NCC(=O)N[C@@H](CCCCN)C(=O)N[C@@H](C)C(=O)O. The van der Waals surface area contributed by atoms with Crippen LogP contribution in [0.15, 0.2) is 4.99 Å². The Morgan fingerprint density at radius 1 is 0.289 bits per heavy atom. The third kappa shape index (κ3) is 50.7. The molecule has 26 N–H and O–H groups in total. The van der Waals surface area contributed by atoms with E-state index in [4.69, 9.17) is 28.7 Å². The maximum atomic E-state index is 14.5. The van der Waals surface area contributed by atoms with Crippen molar-refractivity contribution in [2.24, 2.45) is 45.5 Å². The summed E-state index contributed by atoms with van der Waals surface area (Å²) in [6.07, 6.45) is 19.5. The molecule has 652 valence electrons. The number of nitrogens with one attached hydrogen (secondary N) is 15. The van der Waals surface area contributed by atoms with Crippen LogP contribution < -0.4 is 108 Å². The van der Waals surface area contributed by atoms with Crippen molar-refractivity contribution in [3.05, 3.63) is 0 Å². The number of carbonyl (C=O) groups excluding carboxylic acids is 15. The molecule has 0 bridgehead atoms. The topological polar surface area (TPSA) is 616 Å². The second-order valence-electron chi connectivity index (χ2n) is 29.9. The highest BCUT2D eigenvalue weighted by Gasteiger charge is 2.35. The van der Waals surface area contributed by atoms with Gasteiger partial charge in [0, 0.05) is 13.0 Å². The molecule has 0 unspecified atom stereocenters. The summed E-state index contributed by atoms with van der Waals surface area (Å²) >= 11 is 0. The molecule has 0 aliphatic heterocycles. The number of hydrogen-bond donors (Lipinski definition) is 21. The summed E-state index contributed by atoms with van der Waals surface area (Å²) in [6, 6.07) is -13.5. The van der Waals surface area contributed by atoms with Gasteiger partial charge in [-0.25, -0.2) is 0 Å². The molecule has 38 heteroatoms. The predicted octanol–water partition coefficient (Wildman–Crippen LogP) is -1.63. The van der Waals surface area contributed by atoms with E-state index in [0.717, 1.165) is 19.3 Å². The fraction of sp³-hybridized carbons (Fsp3) is 0.776. The van der Waals surface area contributed by atoms with Gasteiger partial charge in [-0.2, -0.15) is 0 Å². The van der Waals surface area contributed by atoms with E-state index in [1.807, 2.05) is 0 Å². The van der Waals surface area contributed by atoms with Crippen molar-refractivity contribution in [3.63, 3.8) is 0 Å². The van der Waals surface area contributed by atoms with Crippen LogP contribution in [0.4, 0.5) is 0 Å². The van der Waals surface area contributed by atoms with Gasteiger partial charge < -0.3 is 114 Å². The molecule has 38 nitrogen and oxygen atoms in total. The molecule has 0 fully saturated rings. The lowest BCUT2D eigenvalue weighted by Gasteiger charge is -2.28. The molecular weight excluding hydrogens is 1480 g/mol. The van der Waals surface area contributed by atoms with Crippen LogP contribution in [0, 0.1) is 11.8 Å². The van der Waals surface area contributed by atoms with Crippen molar-refractivity contribution < 1.29 is 81.8 Å². The highest BCUT2D eigenvalue weighted by molar-refractivity contribution is 5.99. The second kappa shape index (κ2) is 62.1. The lowest BCUT2D eigenvalue weighted by Crippen LogP contribution is -2.59. The van der Waals surface area contributed by atoms with Crippen LogP contribution in [0.1, 0.15) is 249 Å². The first-order chi connectivity index (χ1) is 54.0. The number of carbonyl (C=O) groups is 16. The third-order valence-electron chi connectivity index (χ3n) is 18.3. The molecule has 15 amide bonds. The van der Waals surface area contributed by atoms with E-state index in [2.05, 4.69) is 91.7 Å². The number of carboxylic acids is 1. The smallest absolute Gasteiger partial charge is 0.325 e. The van der Waals surface area contributed by atoms with Gasteiger partial charge in [0.25, 0.3) is 0 Å². The van der Waals surface area contributed by atoms with Crippen molar-refractivity contribution in [2.75, 3.05) is 52.4 Å². The molecule has 0 aromatic carbocycles. The zero-order valence-corrected chi connectivity index (χ0v) is 69.3. The average Bonchev–Trinajstić information content (AvgIpc) is 0.858. The molecule has 0 saturated carbocycles. The highest BCUT2D eigenvalue weighted by Crippen LogP contribution is 2.16. The van der Waals surface area contributed by atoms with Gasteiger partial charge in [0.1, 0.15) is 66.5 Å². The number of rotatable bonds is 65. The average molecular weight is 1620 g/mol. The first-order valence-electron chi connectivity index (χ1n) is 40.8. The van der Waals surface area contributed by atoms with Crippen LogP contribution >= 0.6 is 0 Å². The van der Waals surface area contributed by atoms with Gasteiger partial charge in [0.05, 0.1) is 26.2 Å². The number of carboxylic acid groups (broad SMARTS) is 1. The fourth-order valence-electron chi connectivity index (χ4n) is 11.6. The Labute approximate surface area is 672 Å². The van der Waals surface area contributed by atoms with Gasteiger partial charge in [0.15, 0.2) is 5.96 Å². The van der Waals surface area contributed by atoms with E-state index >= 15 is 0 Å².